The van der Waals surface area contributed by atoms with Crippen molar-refractivity contribution >= 4 is 28.3 Å². The highest BCUT2D eigenvalue weighted by atomic mass is 35.5. The Morgan fingerprint density at radius 3 is 2.62 bits per heavy atom. The maximum Gasteiger partial charge on any atom is 0.204 e. The number of benzene rings is 2. The number of aromatic nitrogens is 1. The van der Waals surface area contributed by atoms with Crippen LogP contribution in [0.2, 0.25) is 5.02 Å². The lowest BCUT2D eigenvalue weighted by Gasteiger charge is -2.32. The summed E-state index contributed by atoms with van der Waals surface area (Å²) >= 11 is 6.55. The van der Waals surface area contributed by atoms with E-state index in [1.807, 2.05) is 18.2 Å². The van der Waals surface area contributed by atoms with Crippen LogP contribution < -0.4 is 18.9 Å². The van der Waals surface area contributed by atoms with Gasteiger partial charge in [0.25, 0.3) is 0 Å². The van der Waals surface area contributed by atoms with Crippen molar-refractivity contribution in [2.45, 2.75) is 32.1 Å². The van der Waals surface area contributed by atoms with E-state index in [0.29, 0.717) is 77.9 Å². The molecule has 0 bridgehead atoms. The Morgan fingerprint density at radius 1 is 1.05 bits per heavy atom. The summed E-state index contributed by atoms with van der Waals surface area (Å²) in [5, 5.41) is 1.25. The van der Waals surface area contributed by atoms with Gasteiger partial charge in [-0.1, -0.05) is 17.7 Å². The fourth-order valence-electron chi connectivity index (χ4n) is 5.30. The quantitative estimate of drug-likeness (QED) is 0.287. The highest BCUT2D eigenvalue weighted by Crippen LogP contribution is 2.48. The van der Waals surface area contributed by atoms with Crippen molar-refractivity contribution in [3.8, 4) is 28.7 Å². The number of halogens is 1. The van der Waals surface area contributed by atoms with E-state index in [1.54, 1.807) is 18.3 Å². The highest BCUT2D eigenvalue weighted by Gasteiger charge is 2.26. The number of piperazine rings is 1. The molecule has 40 heavy (non-hydrogen) atoms. The van der Waals surface area contributed by atoms with E-state index in [0.717, 1.165) is 62.9 Å². The number of ketones is 1. The van der Waals surface area contributed by atoms with Crippen LogP contribution in [0, 0.1) is 5.92 Å². The van der Waals surface area contributed by atoms with Gasteiger partial charge in [-0.05, 0) is 56.0 Å². The number of hydrogen-bond donors (Lipinski definition) is 0. The molecule has 3 heterocycles. The van der Waals surface area contributed by atoms with E-state index in [1.165, 1.54) is 0 Å². The van der Waals surface area contributed by atoms with Crippen LogP contribution in [-0.4, -0.2) is 80.2 Å². The van der Waals surface area contributed by atoms with Gasteiger partial charge in [0, 0.05) is 62.9 Å². The van der Waals surface area contributed by atoms with Crippen molar-refractivity contribution in [1.29, 1.82) is 0 Å². The third kappa shape index (κ3) is 6.45. The Kier molecular flexibility index (Phi) is 8.27. The zero-order valence-electron chi connectivity index (χ0n) is 23.0. The SMILES string of the molecule is CN1CCN(CCCOc2cc3nccc(Oc4ccc(CC(=O)CC5CC5)c(Cl)c4)c3c3c2OCCO3)CC1. The number of carbonyl (C=O) groups is 1. The summed E-state index contributed by atoms with van der Waals surface area (Å²) in [5.41, 5.74) is 1.52. The molecule has 2 aromatic carbocycles. The molecule has 0 radical (unpaired) electrons. The van der Waals surface area contributed by atoms with Crippen molar-refractivity contribution in [2.75, 3.05) is 59.6 Å². The molecule has 0 amide bonds. The van der Waals surface area contributed by atoms with E-state index in [9.17, 15) is 4.79 Å². The summed E-state index contributed by atoms with van der Waals surface area (Å²) in [6, 6.07) is 9.18. The minimum atomic E-state index is 0.235. The van der Waals surface area contributed by atoms with Gasteiger partial charge < -0.3 is 28.7 Å². The number of carbonyl (C=O) groups excluding carboxylic acids is 1. The minimum absolute atomic E-state index is 0.235. The molecule has 9 heteroatoms. The average molecular weight is 566 g/mol. The first-order chi connectivity index (χ1) is 19.5. The first-order valence-electron chi connectivity index (χ1n) is 14.3. The van der Waals surface area contributed by atoms with Crippen molar-refractivity contribution in [3.63, 3.8) is 0 Å². The smallest absolute Gasteiger partial charge is 0.204 e. The first kappa shape index (κ1) is 27.1. The van der Waals surface area contributed by atoms with Crippen LogP contribution in [0.3, 0.4) is 0 Å². The normalized spacial score (nSPS) is 17.6. The molecule has 2 fully saturated rings. The molecule has 1 aliphatic carbocycles. The molecule has 0 N–H and O–H groups in total. The number of fused-ring (bicyclic) bond motifs is 3. The number of hydrogen-bond acceptors (Lipinski definition) is 8. The van der Waals surface area contributed by atoms with Gasteiger partial charge in [0.15, 0.2) is 11.5 Å². The molecule has 1 saturated heterocycles. The molecule has 212 valence electrons. The summed E-state index contributed by atoms with van der Waals surface area (Å²) in [5.74, 6) is 3.76. The molecule has 6 rings (SSSR count). The molecule has 1 saturated carbocycles. The van der Waals surface area contributed by atoms with Crippen LogP contribution in [0.15, 0.2) is 36.5 Å². The molecular weight excluding hydrogens is 530 g/mol. The molecule has 3 aromatic rings. The van der Waals surface area contributed by atoms with Gasteiger partial charge in [-0.15, -0.1) is 0 Å². The Morgan fingerprint density at radius 2 is 1.85 bits per heavy atom. The van der Waals surface area contributed by atoms with Gasteiger partial charge in [-0.3, -0.25) is 9.78 Å². The van der Waals surface area contributed by atoms with Gasteiger partial charge in [0.05, 0.1) is 17.5 Å². The number of nitrogens with zero attached hydrogens (tertiary/aromatic N) is 3. The van der Waals surface area contributed by atoms with Crippen LogP contribution >= 0.6 is 11.6 Å². The predicted octanol–water partition coefficient (Wildman–Crippen LogP) is 5.38. The van der Waals surface area contributed by atoms with E-state index >= 15 is 0 Å². The monoisotopic (exact) mass is 565 g/mol. The number of rotatable bonds is 11. The number of pyridine rings is 1. The van der Waals surface area contributed by atoms with Gasteiger partial charge in [-0.2, -0.15) is 0 Å². The van der Waals surface area contributed by atoms with Crippen molar-refractivity contribution in [1.82, 2.24) is 14.8 Å². The summed E-state index contributed by atoms with van der Waals surface area (Å²) in [7, 11) is 2.17. The zero-order valence-corrected chi connectivity index (χ0v) is 23.8. The summed E-state index contributed by atoms with van der Waals surface area (Å²) < 4.78 is 24.6. The molecule has 8 nitrogen and oxygen atoms in total. The Bertz CT molecular complexity index is 1370. The van der Waals surface area contributed by atoms with E-state index in [2.05, 4.69) is 21.8 Å². The Hall–Kier alpha value is -3.07. The molecule has 3 aliphatic rings. The van der Waals surface area contributed by atoms with Crippen LogP contribution in [0.1, 0.15) is 31.2 Å². The topological polar surface area (TPSA) is 73.4 Å². The number of Topliss-reactive ketones (excluding diaryl/α,β-unsaturated/α-hetero) is 1. The molecule has 2 aliphatic heterocycles. The molecule has 0 unspecified atom stereocenters. The summed E-state index contributed by atoms with van der Waals surface area (Å²) in [6.07, 6.45) is 5.95. The lowest BCUT2D eigenvalue weighted by atomic mass is 10.0. The minimum Gasteiger partial charge on any atom is -0.489 e. The number of ether oxygens (including phenoxy) is 4. The lowest BCUT2D eigenvalue weighted by Crippen LogP contribution is -2.44. The van der Waals surface area contributed by atoms with Crippen molar-refractivity contribution in [3.05, 3.63) is 47.1 Å². The average Bonchev–Trinajstić information content (AvgIpc) is 3.77. The second-order valence-electron chi connectivity index (χ2n) is 11.0. The van der Waals surface area contributed by atoms with E-state index in [4.69, 9.17) is 30.5 Å². The van der Waals surface area contributed by atoms with Crippen molar-refractivity contribution < 1.29 is 23.7 Å². The van der Waals surface area contributed by atoms with Crippen LogP contribution in [0.5, 0.6) is 28.7 Å². The Labute approximate surface area is 240 Å². The predicted molar refractivity (Wildman–Crippen MR) is 154 cm³/mol. The molecular formula is C31H36ClN3O5. The maximum absolute atomic E-state index is 12.3. The standard InChI is InChI=1S/C31H36ClN3O5/c1-34-10-12-35(13-11-34)9-2-14-37-28-20-26-29(31-30(28)38-15-16-39-31)27(7-8-33-26)40-24-6-5-22(25(32)19-24)18-23(36)17-21-3-4-21/h5-8,19-21H,2-4,9-18H2,1H3. The zero-order chi connectivity index (χ0) is 27.5. The second-order valence-corrected chi connectivity index (χ2v) is 11.4. The van der Waals surface area contributed by atoms with Crippen LogP contribution in [0.25, 0.3) is 10.9 Å². The number of likely N-dealkylation sites (N-methyl/N-ethyl adjacent to an activating group) is 1. The van der Waals surface area contributed by atoms with Crippen LogP contribution in [0.4, 0.5) is 0 Å². The fourth-order valence-corrected chi connectivity index (χ4v) is 5.54. The molecule has 0 spiro atoms. The summed E-state index contributed by atoms with van der Waals surface area (Å²) in [6.45, 7) is 6.87. The first-order valence-corrected chi connectivity index (χ1v) is 14.6. The Balaban J connectivity index is 1.17. The molecule has 1 aromatic heterocycles. The lowest BCUT2D eigenvalue weighted by molar-refractivity contribution is -0.118. The van der Waals surface area contributed by atoms with Crippen molar-refractivity contribution in [2.24, 2.45) is 5.92 Å². The highest BCUT2D eigenvalue weighted by molar-refractivity contribution is 6.31. The van der Waals surface area contributed by atoms with Gasteiger partial charge in [0.1, 0.15) is 30.5 Å². The van der Waals surface area contributed by atoms with E-state index < -0.39 is 0 Å². The largest absolute Gasteiger partial charge is 0.489 e. The third-order valence-corrected chi connectivity index (χ3v) is 8.12. The van der Waals surface area contributed by atoms with Gasteiger partial charge in [-0.25, -0.2) is 0 Å². The molecule has 0 atom stereocenters. The third-order valence-electron chi connectivity index (χ3n) is 7.77. The second kappa shape index (κ2) is 12.2. The maximum atomic E-state index is 12.3. The fraction of sp³-hybridized carbons (Fsp3) is 0.484. The van der Waals surface area contributed by atoms with E-state index in [-0.39, 0.29) is 5.78 Å². The summed E-state index contributed by atoms with van der Waals surface area (Å²) in [4.78, 5) is 21.8. The van der Waals surface area contributed by atoms with Crippen LogP contribution in [-0.2, 0) is 11.2 Å². The van der Waals surface area contributed by atoms with Gasteiger partial charge in [0.2, 0.25) is 5.75 Å². The van der Waals surface area contributed by atoms with Gasteiger partial charge >= 0.3 is 0 Å².